The smallest absolute Gasteiger partial charge is 0.227 e. The fourth-order valence-electron chi connectivity index (χ4n) is 6.89. The van der Waals surface area contributed by atoms with Crippen molar-refractivity contribution in [2.75, 3.05) is 45.8 Å². The second-order valence-electron chi connectivity index (χ2n) is 11.6. The summed E-state index contributed by atoms with van der Waals surface area (Å²) in [4.78, 5) is 20.2. The lowest BCUT2D eigenvalue weighted by atomic mass is 9.71. The number of carbonyl (C=O) groups is 1. The summed E-state index contributed by atoms with van der Waals surface area (Å²) < 4.78 is 42.7. The Kier molecular flexibility index (Phi) is 9.20. The number of hydrogen-bond acceptors (Lipinski definition) is 3. The monoisotopic (exact) mass is 561 g/mol. The SMILES string of the molecule is O=C(Cc1c(F)cccc1Cl)N1CCC[C@](CCN2CCN(C3CCCCC3)CC2)(c2ccc(F)c(F)c2)C1. The summed E-state index contributed by atoms with van der Waals surface area (Å²) in [7, 11) is 0. The molecule has 2 aromatic rings. The van der Waals surface area contributed by atoms with Gasteiger partial charge in [-0.3, -0.25) is 9.69 Å². The molecule has 2 heterocycles. The van der Waals surface area contributed by atoms with E-state index >= 15 is 0 Å². The maximum atomic E-state index is 14.4. The van der Waals surface area contributed by atoms with E-state index in [0.717, 1.165) is 63.6 Å². The summed E-state index contributed by atoms with van der Waals surface area (Å²) in [5.41, 5.74) is 0.426. The van der Waals surface area contributed by atoms with Crippen LogP contribution in [0.5, 0.6) is 0 Å². The predicted octanol–water partition coefficient (Wildman–Crippen LogP) is 6.20. The Morgan fingerprint density at radius 2 is 1.67 bits per heavy atom. The van der Waals surface area contributed by atoms with E-state index < -0.39 is 22.9 Å². The summed E-state index contributed by atoms with van der Waals surface area (Å²) in [6.07, 6.45) is 8.78. The Balaban J connectivity index is 1.29. The van der Waals surface area contributed by atoms with E-state index in [2.05, 4.69) is 9.80 Å². The van der Waals surface area contributed by atoms with Crippen molar-refractivity contribution < 1.29 is 18.0 Å². The number of amides is 1. The van der Waals surface area contributed by atoms with Crippen LogP contribution >= 0.6 is 11.6 Å². The first kappa shape index (κ1) is 28.4. The number of hydrogen-bond donors (Lipinski definition) is 0. The van der Waals surface area contributed by atoms with Crippen LogP contribution in [0.2, 0.25) is 5.02 Å². The number of rotatable bonds is 7. The van der Waals surface area contributed by atoms with Crippen LogP contribution in [-0.4, -0.2) is 72.5 Å². The Hall–Kier alpha value is -2.09. The fraction of sp³-hybridized carbons (Fsp3) is 0.581. The second kappa shape index (κ2) is 12.6. The van der Waals surface area contributed by atoms with Gasteiger partial charge < -0.3 is 9.80 Å². The van der Waals surface area contributed by atoms with Gasteiger partial charge in [-0.1, -0.05) is 43.0 Å². The number of piperidine rings is 1. The average Bonchev–Trinajstić information content (AvgIpc) is 2.96. The third-order valence-corrected chi connectivity index (χ3v) is 9.61. The van der Waals surface area contributed by atoms with E-state index in [0.29, 0.717) is 13.1 Å². The molecule has 1 atom stereocenters. The van der Waals surface area contributed by atoms with Gasteiger partial charge in [0.15, 0.2) is 11.6 Å². The van der Waals surface area contributed by atoms with Crippen molar-refractivity contribution >= 4 is 17.5 Å². The molecule has 1 saturated carbocycles. The maximum Gasteiger partial charge on any atom is 0.227 e. The molecular weight excluding hydrogens is 523 g/mol. The first-order valence-electron chi connectivity index (χ1n) is 14.5. The molecular formula is C31H39ClF3N3O. The largest absolute Gasteiger partial charge is 0.342 e. The lowest BCUT2D eigenvalue weighted by molar-refractivity contribution is -0.133. The van der Waals surface area contributed by atoms with Gasteiger partial charge in [0.1, 0.15) is 5.82 Å². The van der Waals surface area contributed by atoms with Gasteiger partial charge in [0, 0.05) is 61.3 Å². The van der Waals surface area contributed by atoms with Crippen molar-refractivity contribution in [2.45, 2.75) is 69.2 Å². The first-order valence-corrected chi connectivity index (χ1v) is 14.8. The fourth-order valence-corrected chi connectivity index (χ4v) is 7.12. The highest BCUT2D eigenvalue weighted by Crippen LogP contribution is 2.39. The molecule has 0 unspecified atom stereocenters. The molecule has 39 heavy (non-hydrogen) atoms. The number of piperazine rings is 1. The average molecular weight is 562 g/mol. The molecule has 0 aromatic heterocycles. The quantitative estimate of drug-likeness (QED) is 0.403. The van der Waals surface area contributed by atoms with Gasteiger partial charge in [-0.25, -0.2) is 13.2 Å². The Morgan fingerprint density at radius 3 is 2.38 bits per heavy atom. The normalized spacial score (nSPS) is 23.7. The maximum absolute atomic E-state index is 14.4. The molecule has 4 nitrogen and oxygen atoms in total. The van der Waals surface area contributed by atoms with E-state index in [4.69, 9.17) is 11.6 Å². The molecule has 1 aliphatic carbocycles. The number of likely N-dealkylation sites (tertiary alicyclic amines) is 1. The van der Waals surface area contributed by atoms with Crippen molar-refractivity contribution in [1.29, 1.82) is 0 Å². The molecule has 212 valence electrons. The molecule has 8 heteroatoms. The molecule has 0 spiro atoms. The molecule has 2 aromatic carbocycles. The van der Waals surface area contributed by atoms with Gasteiger partial charge in [-0.15, -0.1) is 0 Å². The molecule has 2 saturated heterocycles. The van der Waals surface area contributed by atoms with Crippen LogP contribution in [0.15, 0.2) is 36.4 Å². The Labute approximate surface area is 235 Å². The Bertz CT molecular complexity index is 1130. The van der Waals surface area contributed by atoms with Gasteiger partial charge in [0.25, 0.3) is 0 Å². The minimum absolute atomic E-state index is 0.123. The standard InChI is InChI=1S/C31H39ClF3N3O/c32-26-8-4-9-27(33)25(26)21-30(39)38-14-5-12-31(22-38,23-10-11-28(34)29(35)20-23)13-15-36-16-18-37(19-17-36)24-6-2-1-3-7-24/h4,8-11,20,24H,1-3,5-7,12-19,21-22H2/t31-/m1/s1. The van der Waals surface area contributed by atoms with Crippen LogP contribution in [0.4, 0.5) is 13.2 Å². The second-order valence-corrected chi connectivity index (χ2v) is 12.0. The zero-order valence-electron chi connectivity index (χ0n) is 22.6. The highest BCUT2D eigenvalue weighted by atomic mass is 35.5. The van der Waals surface area contributed by atoms with Gasteiger partial charge in [-0.05, 0) is 68.5 Å². The van der Waals surface area contributed by atoms with E-state index in [1.165, 1.54) is 56.4 Å². The first-order chi connectivity index (χ1) is 18.8. The third-order valence-electron chi connectivity index (χ3n) is 9.26. The topological polar surface area (TPSA) is 26.8 Å². The van der Waals surface area contributed by atoms with Gasteiger partial charge >= 0.3 is 0 Å². The van der Waals surface area contributed by atoms with Crippen LogP contribution in [0.3, 0.4) is 0 Å². The molecule has 0 bridgehead atoms. The van der Waals surface area contributed by atoms with Crippen molar-refractivity contribution in [3.63, 3.8) is 0 Å². The van der Waals surface area contributed by atoms with Crippen molar-refractivity contribution in [2.24, 2.45) is 0 Å². The Morgan fingerprint density at radius 1 is 0.897 bits per heavy atom. The van der Waals surface area contributed by atoms with Crippen molar-refractivity contribution in [3.8, 4) is 0 Å². The van der Waals surface area contributed by atoms with Gasteiger partial charge in [0.2, 0.25) is 5.91 Å². The number of carbonyl (C=O) groups excluding carboxylic acids is 1. The lowest BCUT2D eigenvalue weighted by Gasteiger charge is -2.46. The summed E-state index contributed by atoms with van der Waals surface area (Å²) in [5.74, 6) is -2.43. The summed E-state index contributed by atoms with van der Waals surface area (Å²) >= 11 is 6.20. The molecule has 5 rings (SSSR count). The van der Waals surface area contributed by atoms with Crippen molar-refractivity contribution in [1.82, 2.24) is 14.7 Å². The molecule has 0 N–H and O–H groups in total. The van der Waals surface area contributed by atoms with Crippen LogP contribution in [0.1, 0.15) is 62.5 Å². The highest BCUT2D eigenvalue weighted by Gasteiger charge is 2.40. The van der Waals surface area contributed by atoms with E-state index in [-0.39, 0.29) is 22.9 Å². The third kappa shape index (κ3) is 6.63. The molecule has 3 aliphatic rings. The van der Waals surface area contributed by atoms with Gasteiger partial charge in [-0.2, -0.15) is 0 Å². The number of halogens is 4. The van der Waals surface area contributed by atoms with Crippen LogP contribution in [0, 0.1) is 17.5 Å². The van der Waals surface area contributed by atoms with E-state index in [9.17, 15) is 18.0 Å². The highest BCUT2D eigenvalue weighted by molar-refractivity contribution is 6.31. The van der Waals surface area contributed by atoms with Gasteiger partial charge in [0.05, 0.1) is 6.42 Å². The van der Waals surface area contributed by atoms with E-state index in [1.807, 2.05) is 0 Å². The molecule has 1 amide bonds. The minimum Gasteiger partial charge on any atom is -0.342 e. The molecule has 2 aliphatic heterocycles. The number of benzene rings is 2. The zero-order chi connectivity index (χ0) is 27.4. The zero-order valence-corrected chi connectivity index (χ0v) is 23.4. The number of nitrogens with zero attached hydrogens (tertiary/aromatic N) is 3. The van der Waals surface area contributed by atoms with Crippen LogP contribution in [-0.2, 0) is 16.6 Å². The van der Waals surface area contributed by atoms with E-state index in [1.54, 1.807) is 17.0 Å². The predicted molar refractivity (Wildman–Crippen MR) is 148 cm³/mol. The van der Waals surface area contributed by atoms with Crippen LogP contribution in [0.25, 0.3) is 0 Å². The summed E-state index contributed by atoms with van der Waals surface area (Å²) in [6, 6.07) is 9.30. The molecule has 0 radical (unpaired) electrons. The molecule has 3 fully saturated rings. The van der Waals surface area contributed by atoms with Crippen LogP contribution < -0.4 is 0 Å². The summed E-state index contributed by atoms with van der Waals surface area (Å²) in [6.45, 7) is 5.91. The van der Waals surface area contributed by atoms with Crippen molar-refractivity contribution in [3.05, 3.63) is 70.0 Å². The lowest BCUT2D eigenvalue weighted by Crippen LogP contribution is -2.53. The minimum atomic E-state index is -0.870. The summed E-state index contributed by atoms with van der Waals surface area (Å²) in [5, 5.41) is 0.236.